The molecule has 0 atom stereocenters. The van der Waals surface area contributed by atoms with Crippen LogP contribution < -0.4 is 5.32 Å². The van der Waals surface area contributed by atoms with Crippen molar-refractivity contribution in [3.8, 4) is 0 Å². The Hall–Kier alpha value is -2.35. The van der Waals surface area contributed by atoms with Crippen LogP contribution in [0.15, 0.2) is 34.1 Å². The molecule has 0 saturated carbocycles. The van der Waals surface area contributed by atoms with Gasteiger partial charge in [0.25, 0.3) is 0 Å². The van der Waals surface area contributed by atoms with Gasteiger partial charge < -0.3 is 14.7 Å². The molecule has 8 heteroatoms. The molecule has 3 rings (SSSR count). The third kappa shape index (κ3) is 4.32. The average Bonchev–Trinajstić information content (AvgIpc) is 3.26. The Balaban J connectivity index is 1.53. The number of hydrogen-bond donors (Lipinski definition) is 2. The third-order valence-electron chi connectivity index (χ3n) is 3.84. The monoisotopic (exact) mass is 317 g/mol. The van der Waals surface area contributed by atoms with Gasteiger partial charge in [0.1, 0.15) is 6.26 Å². The highest BCUT2D eigenvalue weighted by Gasteiger charge is 2.20. The van der Waals surface area contributed by atoms with Crippen LogP contribution in [0.3, 0.4) is 0 Å². The van der Waals surface area contributed by atoms with Gasteiger partial charge >= 0.3 is 0 Å². The molecule has 1 aliphatic heterocycles. The van der Waals surface area contributed by atoms with Crippen molar-refractivity contribution in [1.82, 2.24) is 30.5 Å². The standard InChI is InChI=1S/C15H23N7O/c1-2-16-15(17-11-13-3-5-18-19-13)22-8-6-21(7-9-22)12-14-4-10-23-20-14/h3-5,10H,2,6-9,11-12H2,1H3,(H,16,17)(H,18,19). The molecule has 0 aromatic carbocycles. The quantitative estimate of drug-likeness (QED) is 0.623. The summed E-state index contributed by atoms with van der Waals surface area (Å²) in [5, 5.41) is 14.2. The summed E-state index contributed by atoms with van der Waals surface area (Å²) >= 11 is 0. The molecule has 0 radical (unpaired) electrons. The maximum atomic E-state index is 4.89. The highest BCUT2D eigenvalue weighted by atomic mass is 16.5. The molecule has 8 nitrogen and oxygen atoms in total. The fraction of sp³-hybridized carbons (Fsp3) is 0.533. The summed E-state index contributed by atoms with van der Waals surface area (Å²) in [6.07, 6.45) is 3.37. The third-order valence-corrected chi connectivity index (χ3v) is 3.84. The molecule has 0 unspecified atom stereocenters. The minimum Gasteiger partial charge on any atom is -0.364 e. The number of aliphatic imine (C=N–C) groups is 1. The lowest BCUT2D eigenvalue weighted by Crippen LogP contribution is -2.52. The van der Waals surface area contributed by atoms with Crippen LogP contribution in [0.4, 0.5) is 0 Å². The first-order valence-corrected chi connectivity index (χ1v) is 7.98. The van der Waals surface area contributed by atoms with Gasteiger partial charge in [-0.15, -0.1) is 0 Å². The van der Waals surface area contributed by atoms with E-state index in [-0.39, 0.29) is 0 Å². The van der Waals surface area contributed by atoms with E-state index in [1.165, 1.54) is 0 Å². The van der Waals surface area contributed by atoms with Crippen molar-refractivity contribution in [2.45, 2.75) is 20.0 Å². The summed E-state index contributed by atoms with van der Waals surface area (Å²) in [6, 6.07) is 3.87. The molecule has 124 valence electrons. The van der Waals surface area contributed by atoms with Gasteiger partial charge in [0.2, 0.25) is 0 Å². The van der Waals surface area contributed by atoms with E-state index in [1.54, 1.807) is 12.5 Å². The predicted octanol–water partition coefficient (Wildman–Crippen LogP) is 0.681. The predicted molar refractivity (Wildman–Crippen MR) is 86.8 cm³/mol. The van der Waals surface area contributed by atoms with Gasteiger partial charge in [-0.05, 0) is 13.0 Å². The maximum Gasteiger partial charge on any atom is 0.194 e. The molecule has 2 aromatic rings. The summed E-state index contributed by atoms with van der Waals surface area (Å²) in [5.41, 5.74) is 2.00. The fourth-order valence-electron chi connectivity index (χ4n) is 2.62. The van der Waals surface area contributed by atoms with Gasteiger partial charge in [-0.2, -0.15) is 5.10 Å². The molecular formula is C15H23N7O. The zero-order valence-electron chi connectivity index (χ0n) is 13.4. The van der Waals surface area contributed by atoms with Gasteiger partial charge in [0.05, 0.1) is 17.9 Å². The molecule has 0 amide bonds. The smallest absolute Gasteiger partial charge is 0.194 e. The van der Waals surface area contributed by atoms with E-state index >= 15 is 0 Å². The number of aromatic amines is 1. The Morgan fingerprint density at radius 2 is 2.22 bits per heavy atom. The van der Waals surface area contributed by atoms with E-state index in [2.05, 4.69) is 37.4 Å². The summed E-state index contributed by atoms with van der Waals surface area (Å²) in [6.45, 7) is 8.28. The zero-order chi connectivity index (χ0) is 15.9. The minimum absolute atomic E-state index is 0.613. The molecule has 2 N–H and O–H groups in total. The van der Waals surface area contributed by atoms with E-state index in [9.17, 15) is 0 Å². The van der Waals surface area contributed by atoms with E-state index in [4.69, 9.17) is 9.52 Å². The van der Waals surface area contributed by atoms with Crippen molar-refractivity contribution in [2.24, 2.45) is 4.99 Å². The molecule has 0 spiro atoms. The van der Waals surface area contributed by atoms with Gasteiger partial charge in [-0.3, -0.25) is 10.00 Å². The molecule has 23 heavy (non-hydrogen) atoms. The minimum atomic E-state index is 0.613. The number of rotatable bonds is 5. The molecule has 0 bridgehead atoms. The van der Waals surface area contributed by atoms with Crippen LogP contribution in [0.2, 0.25) is 0 Å². The van der Waals surface area contributed by atoms with Gasteiger partial charge in [-0.1, -0.05) is 5.16 Å². The lowest BCUT2D eigenvalue weighted by Gasteiger charge is -2.36. The Morgan fingerprint density at radius 1 is 1.35 bits per heavy atom. The Kier molecular flexibility index (Phi) is 5.25. The number of hydrogen-bond acceptors (Lipinski definition) is 5. The summed E-state index contributed by atoms with van der Waals surface area (Å²) in [4.78, 5) is 9.38. The Labute approximate surface area is 135 Å². The fourth-order valence-corrected chi connectivity index (χ4v) is 2.62. The Morgan fingerprint density at radius 3 is 2.87 bits per heavy atom. The van der Waals surface area contributed by atoms with Gasteiger partial charge in [-0.25, -0.2) is 4.99 Å². The van der Waals surface area contributed by atoms with Crippen molar-refractivity contribution in [2.75, 3.05) is 32.7 Å². The van der Waals surface area contributed by atoms with Crippen LogP contribution in [0.1, 0.15) is 18.3 Å². The van der Waals surface area contributed by atoms with Crippen molar-refractivity contribution < 1.29 is 4.52 Å². The number of nitrogens with zero attached hydrogens (tertiary/aromatic N) is 5. The number of guanidine groups is 1. The van der Waals surface area contributed by atoms with Crippen LogP contribution in [0.25, 0.3) is 0 Å². The molecule has 2 aromatic heterocycles. The maximum absolute atomic E-state index is 4.89. The zero-order valence-corrected chi connectivity index (χ0v) is 13.4. The van der Waals surface area contributed by atoms with E-state index < -0.39 is 0 Å². The number of piperazine rings is 1. The summed E-state index contributed by atoms with van der Waals surface area (Å²) in [5.74, 6) is 0.961. The van der Waals surface area contributed by atoms with Crippen LogP contribution in [-0.2, 0) is 13.1 Å². The highest BCUT2D eigenvalue weighted by Crippen LogP contribution is 2.08. The lowest BCUT2D eigenvalue weighted by molar-refractivity contribution is 0.169. The number of aromatic nitrogens is 3. The Bertz CT molecular complexity index is 585. The van der Waals surface area contributed by atoms with Gasteiger partial charge in [0, 0.05) is 51.5 Å². The second-order valence-corrected chi connectivity index (χ2v) is 5.51. The second kappa shape index (κ2) is 7.77. The summed E-state index contributed by atoms with van der Waals surface area (Å²) in [7, 11) is 0. The van der Waals surface area contributed by atoms with Crippen LogP contribution >= 0.6 is 0 Å². The van der Waals surface area contributed by atoms with Crippen molar-refractivity contribution in [3.63, 3.8) is 0 Å². The van der Waals surface area contributed by atoms with Crippen molar-refractivity contribution >= 4 is 5.96 Å². The molecular weight excluding hydrogens is 294 g/mol. The van der Waals surface area contributed by atoms with Crippen LogP contribution in [0, 0.1) is 0 Å². The van der Waals surface area contributed by atoms with Gasteiger partial charge in [0.15, 0.2) is 5.96 Å². The number of H-pyrrole nitrogens is 1. The largest absolute Gasteiger partial charge is 0.364 e. The van der Waals surface area contributed by atoms with E-state index in [1.807, 2.05) is 12.1 Å². The first-order valence-electron chi connectivity index (χ1n) is 7.98. The SMILES string of the molecule is CCNC(=NCc1ccn[nH]1)N1CCN(Cc2ccon2)CC1. The van der Waals surface area contributed by atoms with Crippen LogP contribution in [0.5, 0.6) is 0 Å². The summed E-state index contributed by atoms with van der Waals surface area (Å²) < 4.78 is 4.89. The first kappa shape index (κ1) is 15.5. The molecule has 1 saturated heterocycles. The van der Waals surface area contributed by atoms with E-state index in [0.717, 1.165) is 56.6 Å². The topological polar surface area (TPSA) is 85.6 Å². The lowest BCUT2D eigenvalue weighted by atomic mass is 10.3. The van der Waals surface area contributed by atoms with E-state index in [0.29, 0.717) is 6.54 Å². The van der Waals surface area contributed by atoms with Crippen LogP contribution in [-0.4, -0.2) is 63.8 Å². The molecule has 1 aliphatic rings. The number of nitrogens with one attached hydrogen (secondary N) is 2. The molecule has 1 fully saturated rings. The second-order valence-electron chi connectivity index (χ2n) is 5.51. The van der Waals surface area contributed by atoms with Crippen molar-refractivity contribution in [3.05, 3.63) is 36.0 Å². The highest BCUT2D eigenvalue weighted by molar-refractivity contribution is 5.80. The average molecular weight is 317 g/mol. The van der Waals surface area contributed by atoms with Crippen molar-refractivity contribution in [1.29, 1.82) is 0 Å². The normalized spacial score (nSPS) is 16.7. The molecule has 0 aliphatic carbocycles. The first-order chi connectivity index (χ1) is 11.3. The molecule has 3 heterocycles.